The molecule has 1 aromatic carbocycles. The minimum Gasteiger partial charge on any atom is -0.485 e. The van der Waals surface area contributed by atoms with Crippen molar-refractivity contribution in [1.82, 2.24) is 15.8 Å². The molecule has 1 fully saturated rings. The van der Waals surface area contributed by atoms with Gasteiger partial charge in [0.2, 0.25) is 5.91 Å². The summed E-state index contributed by atoms with van der Waals surface area (Å²) in [5, 5.41) is 9.29. The highest BCUT2D eigenvalue weighted by molar-refractivity contribution is 5.96. The molecule has 2 aromatic rings. The number of ether oxygens (including phenoxy) is 1. The SMILES string of the molecule is Cc1cccc(C)c1OCc1cc(C(=O)N[C@H]2CCCCNC2=O)no1. The number of carbonyl (C=O) groups is 2. The fourth-order valence-electron chi connectivity index (χ4n) is 2.97. The van der Waals surface area contributed by atoms with Crippen molar-refractivity contribution in [2.75, 3.05) is 6.54 Å². The summed E-state index contributed by atoms with van der Waals surface area (Å²) in [7, 11) is 0. The predicted octanol–water partition coefficient (Wildman–Crippen LogP) is 2.27. The molecular formula is C19H23N3O4. The summed E-state index contributed by atoms with van der Waals surface area (Å²) in [5.41, 5.74) is 2.20. The van der Waals surface area contributed by atoms with Gasteiger partial charge in [0.15, 0.2) is 11.5 Å². The van der Waals surface area contributed by atoms with Crippen molar-refractivity contribution in [3.63, 3.8) is 0 Å². The van der Waals surface area contributed by atoms with Crippen LogP contribution in [0.5, 0.6) is 5.75 Å². The van der Waals surface area contributed by atoms with Crippen molar-refractivity contribution in [1.29, 1.82) is 0 Å². The van der Waals surface area contributed by atoms with Crippen LogP contribution in [-0.4, -0.2) is 29.6 Å². The topological polar surface area (TPSA) is 93.5 Å². The van der Waals surface area contributed by atoms with Crippen LogP contribution in [0.15, 0.2) is 28.8 Å². The van der Waals surface area contributed by atoms with Crippen molar-refractivity contribution < 1.29 is 18.8 Å². The number of para-hydroxylation sites is 1. The molecule has 1 aromatic heterocycles. The monoisotopic (exact) mass is 357 g/mol. The molecule has 1 atom stereocenters. The van der Waals surface area contributed by atoms with Gasteiger partial charge in [0, 0.05) is 12.6 Å². The third kappa shape index (κ3) is 4.22. The van der Waals surface area contributed by atoms with E-state index in [4.69, 9.17) is 9.26 Å². The zero-order valence-electron chi connectivity index (χ0n) is 15.0. The Morgan fingerprint density at radius 2 is 2.12 bits per heavy atom. The summed E-state index contributed by atoms with van der Waals surface area (Å²) in [5.74, 6) is 0.667. The number of hydrogen-bond donors (Lipinski definition) is 2. The van der Waals surface area contributed by atoms with E-state index in [9.17, 15) is 9.59 Å². The molecule has 3 rings (SSSR count). The number of nitrogens with zero attached hydrogens (tertiary/aromatic N) is 1. The van der Waals surface area contributed by atoms with E-state index in [2.05, 4.69) is 15.8 Å². The number of benzene rings is 1. The molecule has 0 unspecified atom stereocenters. The van der Waals surface area contributed by atoms with E-state index in [0.717, 1.165) is 29.7 Å². The van der Waals surface area contributed by atoms with Crippen molar-refractivity contribution >= 4 is 11.8 Å². The molecule has 0 bridgehead atoms. The van der Waals surface area contributed by atoms with Crippen molar-refractivity contribution in [3.05, 3.63) is 46.8 Å². The normalized spacial score (nSPS) is 17.3. The Morgan fingerprint density at radius 3 is 2.88 bits per heavy atom. The number of hydrogen-bond acceptors (Lipinski definition) is 5. The number of carbonyl (C=O) groups excluding carboxylic acids is 2. The Labute approximate surface area is 152 Å². The highest BCUT2D eigenvalue weighted by Crippen LogP contribution is 2.23. The van der Waals surface area contributed by atoms with Gasteiger partial charge in [-0.1, -0.05) is 23.4 Å². The molecule has 2 N–H and O–H groups in total. The first-order valence-electron chi connectivity index (χ1n) is 8.78. The van der Waals surface area contributed by atoms with E-state index in [0.29, 0.717) is 18.7 Å². The zero-order valence-corrected chi connectivity index (χ0v) is 15.0. The minimum absolute atomic E-state index is 0.141. The van der Waals surface area contributed by atoms with Gasteiger partial charge in [0.05, 0.1) is 0 Å². The lowest BCUT2D eigenvalue weighted by atomic mass is 10.1. The largest absolute Gasteiger partial charge is 0.485 e. The second-order valence-electron chi connectivity index (χ2n) is 6.50. The van der Waals surface area contributed by atoms with Crippen molar-refractivity contribution in [3.8, 4) is 5.75 Å². The molecule has 0 spiro atoms. The van der Waals surface area contributed by atoms with Crippen LogP contribution in [0.4, 0.5) is 0 Å². The molecule has 7 nitrogen and oxygen atoms in total. The van der Waals surface area contributed by atoms with Gasteiger partial charge in [-0.2, -0.15) is 0 Å². The van der Waals surface area contributed by atoms with Gasteiger partial charge < -0.3 is 19.9 Å². The van der Waals surface area contributed by atoms with Gasteiger partial charge in [-0.05, 0) is 44.2 Å². The van der Waals surface area contributed by atoms with Crippen LogP contribution in [0, 0.1) is 13.8 Å². The van der Waals surface area contributed by atoms with Crippen LogP contribution < -0.4 is 15.4 Å². The van der Waals surface area contributed by atoms with Crippen LogP contribution in [-0.2, 0) is 11.4 Å². The highest BCUT2D eigenvalue weighted by atomic mass is 16.5. The first kappa shape index (κ1) is 18.0. The molecule has 1 aliphatic heterocycles. The molecule has 0 saturated carbocycles. The number of aromatic nitrogens is 1. The lowest BCUT2D eigenvalue weighted by Crippen LogP contribution is -2.45. The Morgan fingerprint density at radius 1 is 1.35 bits per heavy atom. The molecule has 1 saturated heterocycles. The average Bonchev–Trinajstić information content (AvgIpc) is 3.00. The first-order valence-corrected chi connectivity index (χ1v) is 8.78. The van der Waals surface area contributed by atoms with Gasteiger partial charge in [-0.3, -0.25) is 9.59 Å². The Bertz CT molecular complexity index is 780. The van der Waals surface area contributed by atoms with Crippen LogP contribution in [0.2, 0.25) is 0 Å². The maximum absolute atomic E-state index is 12.3. The van der Waals surface area contributed by atoms with E-state index in [-0.39, 0.29) is 18.2 Å². The van der Waals surface area contributed by atoms with E-state index in [1.165, 1.54) is 6.07 Å². The number of amides is 2. The molecule has 26 heavy (non-hydrogen) atoms. The van der Waals surface area contributed by atoms with Gasteiger partial charge >= 0.3 is 0 Å². The van der Waals surface area contributed by atoms with E-state index in [1.807, 2.05) is 32.0 Å². The maximum Gasteiger partial charge on any atom is 0.274 e. The summed E-state index contributed by atoms with van der Waals surface area (Å²) < 4.78 is 11.0. The number of nitrogens with one attached hydrogen (secondary N) is 2. The van der Waals surface area contributed by atoms with Crippen LogP contribution >= 0.6 is 0 Å². The third-order valence-electron chi connectivity index (χ3n) is 4.40. The van der Waals surface area contributed by atoms with Crippen LogP contribution in [0.25, 0.3) is 0 Å². The van der Waals surface area contributed by atoms with Gasteiger partial charge in [0.1, 0.15) is 18.4 Å². The Hall–Kier alpha value is -2.83. The molecule has 0 aliphatic carbocycles. The Kier molecular flexibility index (Phi) is 5.55. The fraction of sp³-hybridized carbons (Fsp3) is 0.421. The standard InChI is InChI=1S/C19H23N3O4/c1-12-6-5-7-13(2)17(12)25-11-14-10-16(22-26-14)19(24)21-15-8-3-4-9-20-18(15)23/h5-7,10,15H,3-4,8-9,11H2,1-2H3,(H,20,23)(H,21,24)/t15-/m0/s1. The van der Waals surface area contributed by atoms with Gasteiger partial charge in [-0.25, -0.2) is 0 Å². The molecule has 0 radical (unpaired) electrons. The van der Waals surface area contributed by atoms with Crippen molar-refractivity contribution in [2.45, 2.75) is 45.8 Å². The molecule has 2 amide bonds. The fourth-order valence-corrected chi connectivity index (χ4v) is 2.97. The van der Waals surface area contributed by atoms with E-state index < -0.39 is 11.9 Å². The summed E-state index contributed by atoms with van der Waals surface area (Å²) >= 11 is 0. The number of rotatable bonds is 5. The molecule has 138 valence electrons. The van der Waals surface area contributed by atoms with Crippen LogP contribution in [0.1, 0.15) is 46.6 Å². The Balaban J connectivity index is 1.60. The second kappa shape index (κ2) is 8.03. The lowest BCUT2D eigenvalue weighted by Gasteiger charge is -2.13. The summed E-state index contributed by atoms with van der Waals surface area (Å²) in [6.45, 7) is 4.77. The number of aryl methyl sites for hydroxylation is 2. The van der Waals surface area contributed by atoms with E-state index >= 15 is 0 Å². The quantitative estimate of drug-likeness (QED) is 0.856. The lowest BCUT2D eigenvalue weighted by molar-refractivity contribution is -0.122. The van der Waals surface area contributed by atoms with Crippen molar-refractivity contribution in [2.24, 2.45) is 0 Å². The summed E-state index contributed by atoms with van der Waals surface area (Å²) in [6, 6.07) is 6.92. The minimum atomic E-state index is -0.531. The molecule has 2 heterocycles. The van der Waals surface area contributed by atoms with E-state index in [1.54, 1.807) is 0 Å². The molecule has 1 aliphatic rings. The van der Waals surface area contributed by atoms with Gasteiger partial charge in [0.25, 0.3) is 5.91 Å². The summed E-state index contributed by atoms with van der Waals surface area (Å²) in [6.07, 6.45) is 2.43. The first-order chi connectivity index (χ1) is 12.5. The van der Waals surface area contributed by atoms with Gasteiger partial charge in [-0.15, -0.1) is 0 Å². The summed E-state index contributed by atoms with van der Waals surface area (Å²) in [4.78, 5) is 24.2. The maximum atomic E-state index is 12.3. The molecule has 7 heteroatoms. The highest BCUT2D eigenvalue weighted by Gasteiger charge is 2.24. The smallest absolute Gasteiger partial charge is 0.274 e. The molecular weight excluding hydrogens is 334 g/mol. The third-order valence-corrected chi connectivity index (χ3v) is 4.40. The second-order valence-corrected chi connectivity index (χ2v) is 6.50. The zero-order chi connectivity index (χ0) is 18.5. The average molecular weight is 357 g/mol. The predicted molar refractivity (Wildman–Crippen MR) is 94.9 cm³/mol. The van der Waals surface area contributed by atoms with Crippen LogP contribution in [0.3, 0.4) is 0 Å².